The van der Waals surface area contributed by atoms with Crippen molar-refractivity contribution in [3.63, 3.8) is 0 Å². The van der Waals surface area contributed by atoms with Crippen LogP contribution < -0.4 is 16.4 Å². The molecule has 0 radical (unpaired) electrons. The van der Waals surface area contributed by atoms with E-state index in [1.807, 2.05) is 18.2 Å². The fourth-order valence-corrected chi connectivity index (χ4v) is 3.32. The van der Waals surface area contributed by atoms with E-state index in [0.29, 0.717) is 17.8 Å². The summed E-state index contributed by atoms with van der Waals surface area (Å²) in [4.78, 5) is 12.0. The van der Waals surface area contributed by atoms with Gasteiger partial charge in [-0.25, -0.2) is 0 Å². The largest absolute Gasteiger partial charge is 0.382 e. The first kappa shape index (κ1) is 15.2. The summed E-state index contributed by atoms with van der Waals surface area (Å²) in [5.74, 6) is 0.0325. The molecule has 5 heteroatoms. The summed E-state index contributed by atoms with van der Waals surface area (Å²) in [5.41, 5.74) is 6.30. The molecule has 1 fully saturated rings. The molecule has 1 aromatic carbocycles. The Morgan fingerprint density at radius 3 is 3.05 bits per heavy atom. The van der Waals surface area contributed by atoms with Crippen LogP contribution in [-0.4, -0.2) is 30.3 Å². The standard InChI is InChI=1S/C15H23N3OS/c1-11(9-12-5-4-8-17-12)18-13-6-2-3-7-14(13)20-10-15(16)19/h2-3,6-7,11-12,17-18H,4-5,8-10H2,1H3,(H2,16,19). The fourth-order valence-electron chi connectivity index (χ4n) is 2.57. The third kappa shape index (κ3) is 4.72. The molecule has 0 aromatic heterocycles. The Morgan fingerprint density at radius 1 is 1.55 bits per heavy atom. The Hall–Kier alpha value is -1.20. The third-order valence-corrected chi connectivity index (χ3v) is 4.56. The number of amides is 1. The van der Waals surface area contributed by atoms with Gasteiger partial charge in [0.15, 0.2) is 0 Å². The number of benzene rings is 1. The minimum absolute atomic E-state index is 0.284. The zero-order valence-corrected chi connectivity index (χ0v) is 12.7. The van der Waals surface area contributed by atoms with Crippen molar-refractivity contribution in [2.45, 2.75) is 43.2 Å². The Balaban J connectivity index is 1.91. The van der Waals surface area contributed by atoms with E-state index in [9.17, 15) is 4.79 Å². The van der Waals surface area contributed by atoms with E-state index in [2.05, 4.69) is 23.6 Å². The van der Waals surface area contributed by atoms with Crippen LogP contribution in [0.1, 0.15) is 26.2 Å². The van der Waals surface area contributed by atoms with Crippen molar-refractivity contribution >= 4 is 23.4 Å². The number of thioether (sulfide) groups is 1. The van der Waals surface area contributed by atoms with E-state index in [0.717, 1.165) is 23.5 Å². The van der Waals surface area contributed by atoms with Gasteiger partial charge < -0.3 is 16.4 Å². The first-order valence-electron chi connectivity index (χ1n) is 7.15. The van der Waals surface area contributed by atoms with Gasteiger partial charge in [-0.05, 0) is 44.9 Å². The molecule has 1 amide bonds. The second-order valence-corrected chi connectivity index (χ2v) is 6.34. The number of hydrogen-bond donors (Lipinski definition) is 3. The lowest BCUT2D eigenvalue weighted by Gasteiger charge is -2.21. The molecule has 0 bridgehead atoms. The monoisotopic (exact) mass is 293 g/mol. The summed E-state index contributed by atoms with van der Waals surface area (Å²) >= 11 is 1.49. The summed E-state index contributed by atoms with van der Waals surface area (Å²) in [6.45, 7) is 3.35. The van der Waals surface area contributed by atoms with Crippen molar-refractivity contribution < 1.29 is 4.79 Å². The summed E-state index contributed by atoms with van der Waals surface area (Å²) in [5, 5.41) is 7.07. The molecule has 2 unspecified atom stereocenters. The molecular weight excluding hydrogens is 270 g/mol. The lowest BCUT2D eigenvalue weighted by Crippen LogP contribution is -2.29. The SMILES string of the molecule is CC(CC1CCCN1)Nc1ccccc1SCC(N)=O. The van der Waals surface area contributed by atoms with Gasteiger partial charge in [0.05, 0.1) is 5.75 Å². The van der Waals surface area contributed by atoms with E-state index >= 15 is 0 Å². The number of para-hydroxylation sites is 1. The molecular formula is C15H23N3OS. The molecule has 4 N–H and O–H groups in total. The molecule has 1 aliphatic heterocycles. The molecule has 4 nitrogen and oxygen atoms in total. The van der Waals surface area contributed by atoms with Crippen LogP contribution in [0.15, 0.2) is 29.2 Å². The van der Waals surface area contributed by atoms with E-state index in [1.54, 1.807) is 0 Å². The van der Waals surface area contributed by atoms with Crippen LogP contribution in [0.2, 0.25) is 0 Å². The average molecular weight is 293 g/mol. The minimum Gasteiger partial charge on any atom is -0.382 e. The van der Waals surface area contributed by atoms with E-state index in [1.165, 1.54) is 24.6 Å². The first-order valence-corrected chi connectivity index (χ1v) is 8.14. The predicted octanol–water partition coefficient (Wildman–Crippen LogP) is 2.21. The second-order valence-electron chi connectivity index (χ2n) is 5.33. The van der Waals surface area contributed by atoms with Gasteiger partial charge in [0.25, 0.3) is 0 Å². The Morgan fingerprint density at radius 2 is 2.35 bits per heavy atom. The van der Waals surface area contributed by atoms with Gasteiger partial charge in [0, 0.05) is 22.7 Å². The van der Waals surface area contributed by atoms with Crippen LogP contribution >= 0.6 is 11.8 Å². The van der Waals surface area contributed by atoms with Crippen LogP contribution in [0.4, 0.5) is 5.69 Å². The molecule has 0 spiro atoms. The molecule has 2 rings (SSSR count). The molecule has 20 heavy (non-hydrogen) atoms. The van der Waals surface area contributed by atoms with Gasteiger partial charge in [-0.3, -0.25) is 4.79 Å². The van der Waals surface area contributed by atoms with Crippen LogP contribution in [0.25, 0.3) is 0 Å². The van der Waals surface area contributed by atoms with Crippen molar-refractivity contribution in [1.29, 1.82) is 0 Å². The molecule has 1 aromatic rings. The predicted molar refractivity (Wildman–Crippen MR) is 85.1 cm³/mol. The van der Waals surface area contributed by atoms with Crippen molar-refractivity contribution in [2.75, 3.05) is 17.6 Å². The molecule has 110 valence electrons. The molecule has 1 aliphatic rings. The molecule has 0 saturated carbocycles. The number of nitrogens with one attached hydrogen (secondary N) is 2. The number of carbonyl (C=O) groups is 1. The number of anilines is 1. The topological polar surface area (TPSA) is 67.2 Å². The number of nitrogens with two attached hydrogens (primary N) is 1. The highest BCUT2D eigenvalue weighted by atomic mass is 32.2. The number of carbonyl (C=O) groups excluding carboxylic acids is 1. The highest BCUT2D eigenvalue weighted by Gasteiger charge is 2.17. The van der Waals surface area contributed by atoms with Crippen LogP contribution in [0.3, 0.4) is 0 Å². The number of primary amides is 1. The molecule has 0 aliphatic carbocycles. The van der Waals surface area contributed by atoms with Crippen LogP contribution in [0.5, 0.6) is 0 Å². The maximum atomic E-state index is 10.9. The smallest absolute Gasteiger partial charge is 0.227 e. The molecule has 1 heterocycles. The minimum atomic E-state index is -0.284. The van der Waals surface area contributed by atoms with E-state index in [-0.39, 0.29) is 5.91 Å². The van der Waals surface area contributed by atoms with Gasteiger partial charge in [0.2, 0.25) is 5.91 Å². The van der Waals surface area contributed by atoms with Gasteiger partial charge in [-0.2, -0.15) is 0 Å². The molecule has 2 atom stereocenters. The average Bonchev–Trinajstić information content (AvgIpc) is 2.90. The van der Waals surface area contributed by atoms with E-state index < -0.39 is 0 Å². The van der Waals surface area contributed by atoms with Gasteiger partial charge in [0.1, 0.15) is 0 Å². The first-order chi connectivity index (χ1) is 9.65. The van der Waals surface area contributed by atoms with Crippen molar-refractivity contribution in [3.05, 3.63) is 24.3 Å². The quantitative estimate of drug-likeness (QED) is 0.674. The maximum absolute atomic E-state index is 10.9. The Labute approximate surface area is 124 Å². The number of hydrogen-bond acceptors (Lipinski definition) is 4. The summed E-state index contributed by atoms with van der Waals surface area (Å²) < 4.78 is 0. The van der Waals surface area contributed by atoms with Crippen molar-refractivity contribution in [2.24, 2.45) is 5.73 Å². The lowest BCUT2D eigenvalue weighted by molar-refractivity contribution is -0.115. The van der Waals surface area contributed by atoms with Crippen molar-refractivity contribution in [3.8, 4) is 0 Å². The third-order valence-electron chi connectivity index (χ3n) is 3.46. The summed E-state index contributed by atoms with van der Waals surface area (Å²) in [6.07, 6.45) is 3.67. The second kappa shape index (κ2) is 7.55. The van der Waals surface area contributed by atoms with Crippen molar-refractivity contribution in [1.82, 2.24) is 5.32 Å². The lowest BCUT2D eigenvalue weighted by atomic mass is 10.1. The summed E-state index contributed by atoms with van der Waals surface area (Å²) in [7, 11) is 0. The van der Waals surface area contributed by atoms with Crippen LogP contribution in [-0.2, 0) is 4.79 Å². The van der Waals surface area contributed by atoms with Crippen LogP contribution in [0, 0.1) is 0 Å². The fraction of sp³-hybridized carbons (Fsp3) is 0.533. The highest BCUT2D eigenvalue weighted by molar-refractivity contribution is 8.00. The Bertz CT molecular complexity index is 446. The normalized spacial score (nSPS) is 19.8. The van der Waals surface area contributed by atoms with Gasteiger partial charge in [-0.1, -0.05) is 12.1 Å². The van der Waals surface area contributed by atoms with E-state index in [4.69, 9.17) is 5.73 Å². The molecule has 1 saturated heterocycles. The zero-order valence-electron chi connectivity index (χ0n) is 11.9. The van der Waals surface area contributed by atoms with Gasteiger partial charge in [-0.15, -0.1) is 11.8 Å². The number of rotatable bonds is 7. The zero-order chi connectivity index (χ0) is 14.4. The maximum Gasteiger partial charge on any atom is 0.227 e. The van der Waals surface area contributed by atoms with Gasteiger partial charge >= 0.3 is 0 Å². The Kier molecular flexibility index (Phi) is 5.73. The highest BCUT2D eigenvalue weighted by Crippen LogP contribution is 2.27. The summed E-state index contributed by atoms with van der Waals surface area (Å²) in [6, 6.07) is 9.11.